The number of hydrogen-bond donors (Lipinski definition) is 1. The molecule has 124 valence electrons. The smallest absolute Gasteiger partial charge is 0.191 e. The van der Waals surface area contributed by atoms with E-state index in [0.717, 1.165) is 38.1 Å². The summed E-state index contributed by atoms with van der Waals surface area (Å²) in [6, 6.07) is 3.23. The van der Waals surface area contributed by atoms with Crippen molar-refractivity contribution in [2.75, 3.05) is 26.2 Å². The molecule has 1 aliphatic rings. The molecule has 0 amide bonds. The summed E-state index contributed by atoms with van der Waals surface area (Å²) >= 11 is 0. The molecule has 4 nitrogen and oxygen atoms in total. The topological polar surface area (TPSA) is 50.9 Å². The third-order valence-electron chi connectivity index (χ3n) is 3.45. The van der Waals surface area contributed by atoms with E-state index in [9.17, 15) is 8.78 Å². The number of hydrogen-bond acceptors (Lipinski definition) is 2. The van der Waals surface area contributed by atoms with Crippen LogP contribution in [0, 0.1) is 11.6 Å². The molecule has 0 saturated carbocycles. The number of likely N-dealkylation sites (tertiary alicyclic amines) is 1. The van der Waals surface area contributed by atoms with Crippen LogP contribution in [-0.2, 0) is 0 Å². The number of nitrogens with two attached hydrogens (primary N) is 1. The van der Waals surface area contributed by atoms with Gasteiger partial charge in [-0.1, -0.05) is 12.8 Å². The highest BCUT2D eigenvalue weighted by Gasteiger charge is 2.10. The van der Waals surface area contributed by atoms with Crippen LogP contribution in [0.2, 0.25) is 0 Å². The molecule has 0 aromatic heterocycles. The lowest BCUT2D eigenvalue weighted by Gasteiger charge is -2.21. The Morgan fingerprint density at radius 1 is 1.18 bits per heavy atom. The molecule has 1 saturated heterocycles. The molecule has 2 N–H and O–H groups in total. The molecule has 0 bridgehead atoms. The zero-order chi connectivity index (χ0) is 15.1. The predicted octanol–water partition coefficient (Wildman–Crippen LogP) is 3.15. The highest BCUT2D eigenvalue weighted by Crippen LogP contribution is 2.17. The minimum absolute atomic E-state index is 0. The average molecular weight is 425 g/mol. The Morgan fingerprint density at radius 3 is 2.50 bits per heavy atom. The van der Waals surface area contributed by atoms with Gasteiger partial charge in [0.1, 0.15) is 12.4 Å². The van der Waals surface area contributed by atoms with Gasteiger partial charge in [-0.25, -0.2) is 13.8 Å². The third-order valence-corrected chi connectivity index (χ3v) is 3.45. The fourth-order valence-electron chi connectivity index (χ4n) is 2.31. The molecule has 1 aliphatic heterocycles. The first-order chi connectivity index (χ1) is 10.2. The second kappa shape index (κ2) is 9.81. The van der Waals surface area contributed by atoms with Gasteiger partial charge in [-0.15, -0.1) is 24.0 Å². The number of guanidine groups is 1. The monoisotopic (exact) mass is 425 g/mol. The van der Waals surface area contributed by atoms with Gasteiger partial charge in [0.25, 0.3) is 0 Å². The summed E-state index contributed by atoms with van der Waals surface area (Å²) in [5.41, 5.74) is 5.94. The van der Waals surface area contributed by atoms with Gasteiger partial charge in [0.2, 0.25) is 0 Å². The van der Waals surface area contributed by atoms with Crippen molar-refractivity contribution in [1.82, 2.24) is 4.90 Å². The largest absolute Gasteiger partial charge is 0.489 e. The molecule has 0 aliphatic carbocycles. The molecule has 1 aromatic carbocycles. The first-order valence-electron chi connectivity index (χ1n) is 7.29. The fourth-order valence-corrected chi connectivity index (χ4v) is 2.31. The molecular formula is C15H22F2IN3O. The summed E-state index contributed by atoms with van der Waals surface area (Å²) in [7, 11) is 0. The van der Waals surface area contributed by atoms with E-state index in [0.29, 0.717) is 12.5 Å². The molecular weight excluding hydrogens is 403 g/mol. The number of benzene rings is 1. The summed E-state index contributed by atoms with van der Waals surface area (Å²) < 4.78 is 31.3. The first-order valence-corrected chi connectivity index (χ1v) is 7.29. The van der Waals surface area contributed by atoms with Crippen LogP contribution in [0.25, 0.3) is 0 Å². The number of aliphatic imine (C=N–C) groups is 1. The highest BCUT2D eigenvalue weighted by molar-refractivity contribution is 14.0. The molecule has 0 atom stereocenters. The van der Waals surface area contributed by atoms with E-state index in [-0.39, 0.29) is 36.3 Å². The molecule has 0 unspecified atom stereocenters. The molecule has 1 fully saturated rings. The normalized spacial score (nSPS) is 15.9. The van der Waals surface area contributed by atoms with Gasteiger partial charge in [-0.2, -0.15) is 0 Å². The van der Waals surface area contributed by atoms with Crippen LogP contribution >= 0.6 is 24.0 Å². The average Bonchev–Trinajstić information content (AvgIpc) is 2.74. The van der Waals surface area contributed by atoms with Crippen LogP contribution in [0.1, 0.15) is 25.7 Å². The van der Waals surface area contributed by atoms with Crippen LogP contribution in [0.5, 0.6) is 5.75 Å². The molecule has 2 rings (SSSR count). The van der Waals surface area contributed by atoms with E-state index in [1.807, 2.05) is 0 Å². The van der Waals surface area contributed by atoms with Gasteiger partial charge in [0, 0.05) is 19.2 Å². The predicted molar refractivity (Wildman–Crippen MR) is 93.8 cm³/mol. The van der Waals surface area contributed by atoms with Gasteiger partial charge >= 0.3 is 0 Å². The maximum Gasteiger partial charge on any atom is 0.191 e. The van der Waals surface area contributed by atoms with Crippen molar-refractivity contribution in [3.63, 3.8) is 0 Å². The first kappa shape index (κ1) is 18.9. The van der Waals surface area contributed by atoms with Crippen LogP contribution < -0.4 is 10.5 Å². The van der Waals surface area contributed by atoms with Crippen molar-refractivity contribution >= 4 is 29.9 Å². The molecule has 0 spiro atoms. The summed E-state index contributed by atoms with van der Waals surface area (Å²) in [4.78, 5) is 6.33. The van der Waals surface area contributed by atoms with Crippen molar-refractivity contribution in [2.45, 2.75) is 25.7 Å². The highest BCUT2D eigenvalue weighted by atomic mass is 127. The quantitative estimate of drug-likeness (QED) is 0.349. The van der Waals surface area contributed by atoms with Crippen molar-refractivity contribution < 1.29 is 13.5 Å². The van der Waals surface area contributed by atoms with Crippen LogP contribution in [0.3, 0.4) is 0 Å². The molecule has 7 heteroatoms. The minimum Gasteiger partial charge on any atom is -0.489 e. The SMILES string of the molecule is I.NC(=NCCOc1ccc(F)cc1F)N1CCCCCC1. The zero-order valence-electron chi connectivity index (χ0n) is 12.4. The van der Waals surface area contributed by atoms with Gasteiger partial charge in [-0.05, 0) is 25.0 Å². The Kier molecular flexibility index (Phi) is 8.44. The Hall–Kier alpha value is -1.12. The zero-order valence-corrected chi connectivity index (χ0v) is 14.8. The van der Waals surface area contributed by atoms with Crippen molar-refractivity contribution in [2.24, 2.45) is 10.7 Å². The maximum absolute atomic E-state index is 13.3. The summed E-state index contributed by atoms with van der Waals surface area (Å²) in [6.45, 7) is 2.42. The number of ether oxygens (including phenoxy) is 1. The van der Waals surface area contributed by atoms with Crippen molar-refractivity contribution in [1.29, 1.82) is 0 Å². The Bertz CT molecular complexity index is 492. The lowest BCUT2D eigenvalue weighted by atomic mass is 10.2. The Labute approximate surface area is 146 Å². The number of halogens is 3. The van der Waals surface area contributed by atoms with E-state index < -0.39 is 11.6 Å². The Balaban J connectivity index is 0.00000242. The van der Waals surface area contributed by atoms with Gasteiger partial charge in [0.05, 0.1) is 6.54 Å². The van der Waals surface area contributed by atoms with Crippen LogP contribution in [-0.4, -0.2) is 37.1 Å². The minimum atomic E-state index is -0.709. The van der Waals surface area contributed by atoms with E-state index in [4.69, 9.17) is 10.5 Å². The van der Waals surface area contributed by atoms with Crippen LogP contribution in [0.15, 0.2) is 23.2 Å². The lowest BCUT2D eigenvalue weighted by molar-refractivity contribution is 0.309. The summed E-state index contributed by atoms with van der Waals surface area (Å²) in [6.07, 6.45) is 4.73. The molecule has 0 radical (unpaired) electrons. The fraction of sp³-hybridized carbons (Fsp3) is 0.533. The summed E-state index contributed by atoms with van der Waals surface area (Å²) in [5.74, 6) is -0.789. The number of rotatable bonds is 4. The summed E-state index contributed by atoms with van der Waals surface area (Å²) in [5, 5.41) is 0. The van der Waals surface area contributed by atoms with Gasteiger partial charge in [0.15, 0.2) is 17.5 Å². The molecule has 1 heterocycles. The van der Waals surface area contributed by atoms with Crippen LogP contribution in [0.4, 0.5) is 8.78 Å². The second-order valence-corrected chi connectivity index (χ2v) is 5.06. The maximum atomic E-state index is 13.3. The standard InChI is InChI=1S/C15H21F2N3O.HI/c16-12-5-6-14(13(17)11-12)21-10-7-19-15(18)20-8-3-1-2-4-9-20;/h5-6,11H,1-4,7-10H2,(H2,18,19);1H. The van der Waals surface area contributed by atoms with E-state index in [1.54, 1.807) is 0 Å². The van der Waals surface area contributed by atoms with E-state index in [2.05, 4.69) is 9.89 Å². The van der Waals surface area contributed by atoms with E-state index in [1.165, 1.54) is 18.9 Å². The van der Waals surface area contributed by atoms with Crippen molar-refractivity contribution in [3.8, 4) is 5.75 Å². The van der Waals surface area contributed by atoms with Gasteiger partial charge < -0.3 is 15.4 Å². The molecule has 22 heavy (non-hydrogen) atoms. The number of nitrogens with zero attached hydrogens (tertiary/aromatic N) is 2. The molecule has 1 aromatic rings. The van der Waals surface area contributed by atoms with Crippen molar-refractivity contribution in [3.05, 3.63) is 29.8 Å². The third kappa shape index (κ3) is 5.94. The second-order valence-electron chi connectivity index (χ2n) is 5.06. The van der Waals surface area contributed by atoms with Gasteiger partial charge in [-0.3, -0.25) is 0 Å². The Morgan fingerprint density at radius 2 is 1.86 bits per heavy atom. The van der Waals surface area contributed by atoms with E-state index >= 15 is 0 Å². The lowest BCUT2D eigenvalue weighted by Crippen LogP contribution is -2.38.